The quantitative estimate of drug-likeness (QED) is 0.257. The molecule has 3 aromatic carbocycles. The van der Waals surface area contributed by atoms with E-state index in [-0.39, 0.29) is 30.2 Å². The minimum Gasteiger partial charge on any atom is -0.403 e. The van der Waals surface area contributed by atoms with Crippen molar-refractivity contribution < 1.29 is 9.31 Å². The van der Waals surface area contributed by atoms with Gasteiger partial charge in [0.2, 0.25) is 0 Å². The molecule has 0 unspecified atom stereocenters. The van der Waals surface area contributed by atoms with Gasteiger partial charge in [0.15, 0.2) is 0 Å². The Kier molecular flexibility index (Phi) is 8.72. The first-order valence-electron chi connectivity index (χ1n) is 13.5. The zero-order chi connectivity index (χ0) is 25.6. The number of benzene rings is 3. The maximum absolute atomic E-state index is 6.73. The van der Waals surface area contributed by atoms with Crippen LogP contribution in [0.4, 0.5) is 0 Å². The molecule has 1 fully saturated rings. The summed E-state index contributed by atoms with van der Waals surface area (Å²) in [5, 5.41) is 0. The van der Waals surface area contributed by atoms with Crippen LogP contribution < -0.4 is 0 Å². The maximum atomic E-state index is 6.73. The summed E-state index contributed by atoms with van der Waals surface area (Å²) in [6.45, 7) is 12.6. The van der Waals surface area contributed by atoms with Crippen molar-refractivity contribution in [3.05, 3.63) is 108 Å². The van der Waals surface area contributed by atoms with E-state index in [0.29, 0.717) is 0 Å². The largest absolute Gasteiger partial charge is 0.463 e. The molecule has 1 heterocycles. The summed E-state index contributed by atoms with van der Waals surface area (Å²) in [4.78, 5) is 2.63. The first kappa shape index (κ1) is 26.7. The molecule has 0 bridgehead atoms. The van der Waals surface area contributed by atoms with E-state index in [1.165, 1.54) is 16.7 Å². The summed E-state index contributed by atoms with van der Waals surface area (Å²) in [5.41, 5.74) is 3.25. The molecule has 1 saturated heterocycles. The predicted molar refractivity (Wildman–Crippen MR) is 151 cm³/mol. The summed E-state index contributed by atoms with van der Waals surface area (Å²) in [5.74, 6) is 0.195. The second-order valence-corrected chi connectivity index (χ2v) is 11.2. The predicted octanol–water partition coefficient (Wildman–Crippen LogP) is 8.08. The number of hydrogen-bond donors (Lipinski definition) is 0. The highest BCUT2D eigenvalue weighted by Crippen LogP contribution is 2.47. The van der Waals surface area contributed by atoms with Gasteiger partial charge in [0.1, 0.15) is 0 Å². The zero-order valence-corrected chi connectivity index (χ0v) is 22.7. The van der Waals surface area contributed by atoms with Crippen molar-refractivity contribution in [2.24, 2.45) is 0 Å². The van der Waals surface area contributed by atoms with Crippen LogP contribution in [0.15, 0.2) is 91.0 Å². The van der Waals surface area contributed by atoms with Crippen LogP contribution in [0.5, 0.6) is 0 Å². The molecular formula is C32H42BNO2. The molecule has 3 aromatic rings. The van der Waals surface area contributed by atoms with Gasteiger partial charge >= 0.3 is 7.12 Å². The highest BCUT2D eigenvalue weighted by atomic mass is 16.7. The normalized spacial score (nSPS) is 18.3. The summed E-state index contributed by atoms with van der Waals surface area (Å²) >= 11 is 0. The molecule has 190 valence electrons. The fourth-order valence-electron chi connectivity index (χ4n) is 5.21. The summed E-state index contributed by atoms with van der Waals surface area (Å²) in [7, 11) is -0.263. The van der Waals surface area contributed by atoms with Crippen LogP contribution in [0.25, 0.3) is 0 Å². The van der Waals surface area contributed by atoms with E-state index in [9.17, 15) is 0 Å². The molecule has 0 aliphatic carbocycles. The molecule has 36 heavy (non-hydrogen) atoms. The molecular weight excluding hydrogens is 441 g/mol. The third kappa shape index (κ3) is 6.29. The van der Waals surface area contributed by atoms with Crippen molar-refractivity contribution in [3.63, 3.8) is 0 Å². The average molecular weight is 484 g/mol. The standard InChI is InChI=1S/C32H42BNO2/c1-6-7-23-29(33-35-31(2,3)32(4,5)36-33)30(28-21-15-10-16-22-28)34(24-26-17-11-8-12-18-26)25-27-19-13-9-14-20-27/h8-22,29-30H,6-7,23-25H2,1-5H3/t29-,30-/m1/s1. The fourth-order valence-corrected chi connectivity index (χ4v) is 5.21. The zero-order valence-electron chi connectivity index (χ0n) is 22.7. The highest BCUT2D eigenvalue weighted by molar-refractivity contribution is 6.47. The van der Waals surface area contributed by atoms with Crippen LogP contribution in [0.1, 0.15) is 76.6 Å². The Morgan fingerprint density at radius 1 is 0.694 bits per heavy atom. The minimum atomic E-state index is -0.354. The van der Waals surface area contributed by atoms with Gasteiger partial charge in [0.25, 0.3) is 0 Å². The van der Waals surface area contributed by atoms with Gasteiger partial charge in [-0.15, -0.1) is 0 Å². The van der Waals surface area contributed by atoms with E-state index < -0.39 is 0 Å². The fraction of sp³-hybridized carbons (Fsp3) is 0.438. The maximum Gasteiger partial charge on any atom is 0.463 e. The summed E-state index contributed by atoms with van der Waals surface area (Å²) in [6, 6.07) is 32.8. The van der Waals surface area contributed by atoms with Crippen molar-refractivity contribution >= 4 is 7.12 Å². The third-order valence-electron chi connectivity index (χ3n) is 7.91. The third-order valence-corrected chi connectivity index (χ3v) is 7.91. The molecule has 0 amide bonds. The van der Waals surface area contributed by atoms with E-state index in [4.69, 9.17) is 9.31 Å². The van der Waals surface area contributed by atoms with Crippen molar-refractivity contribution in [1.29, 1.82) is 0 Å². The summed E-state index contributed by atoms with van der Waals surface area (Å²) < 4.78 is 13.5. The Hall–Kier alpha value is -2.40. The number of hydrogen-bond acceptors (Lipinski definition) is 3. The highest BCUT2D eigenvalue weighted by Gasteiger charge is 2.55. The number of nitrogens with zero attached hydrogens (tertiary/aromatic N) is 1. The Bertz CT molecular complexity index is 998. The van der Waals surface area contributed by atoms with Crippen molar-refractivity contribution in [3.8, 4) is 0 Å². The number of unbranched alkanes of at least 4 members (excludes halogenated alkanes) is 1. The van der Waals surface area contributed by atoms with Gasteiger partial charge in [0, 0.05) is 24.9 Å². The smallest absolute Gasteiger partial charge is 0.403 e. The Morgan fingerprint density at radius 2 is 1.14 bits per heavy atom. The average Bonchev–Trinajstić information content (AvgIpc) is 3.09. The minimum absolute atomic E-state index is 0.146. The second-order valence-electron chi connectivity index (χ2n) is 11.2. The van der Waals surface area contributed by atoms with Crippen molar-refractivity contribution in [2.75, 3.05) is 0 Å². The van der Waals surface area contributed by atoms with Crippen LogP contribution in [-0.4, -0.2) is 23.2 Å². The molecule has 4 heteroatoms. The van der Waals surface area contributed by atoms with Crippen molar-refractivity contribution in [1.82, 2.24) is 4.90 Å². The van der Waals surface area contributed by atoms with Gasteiger partial charge < -0.3 is 9.31 Å². The van der Waals surface area contributed by atoms with Crippen LogP contribution in [-0.2, 0) is 22.4 Å². The van der Waals surface area contributed by atoms with Crippen molar-refractivity contribution in [2.45, 2.75) is 90.0 Å². The van der Waals surface area contributed by atoms with Gasteiger partial charge in [-0.2, -0.15) is 0 Å². The van der Waals surface area contributed by atoms with E-state index in [1.54, 1.807) is 0 Å². The molecule has 0 aromatic heterocycles. The van der Waals surface area contributed by atoms with E-state index in [1.807, 2.05) is 0 Å². The van der Waals surface area contributed by atoms with Gasteiger partial charge in [-0.25, -0.2) is 0 Å². The lowest BCUT2D eigenvalue weighted by Gasteiger charge is -2.39. The lowest BCUT2D eigenvalue weighted by Crippen LogP contribution is -2.41. The molecule has 4 rings (SSSR count). The molecule has 0 radical (unpaired) electrons. The van der Waals surface area contributed by atoms with Crippen LogP contribution in [0.3, 0.4) is 0 Å². The van der Waals surface area contributed by atoms with Gasteiger partial charge in [-0.3, -0.25) is 4.90 Å². The van der Waals surface area contributed by atoms with E-state index in [0.717, 1.165) is 32.4 Å². The molecule has 0 saturated carbocycles. The lowest BCUT2D eigenvalue weighted by atomic mass is 9.63. The lowest BCUT2D eigenvalue weighted by molar-refractivity contribution is 0.00578. The van der Waals surface area contributed by atoms with Gasteiger partial charge in [-0.1, -0.05) is 117 Å². The second kappa shape index (κ2) is 11.8. The van der Waals surface area contributed by atoms with Crippen LogP contribution in [0, 0.1) is 0 Å². The first-order valence-corrected chi connectivity index (χ1v) is 13.5. The Labute approximate surface area is 219 Å². The molecule has 1 aliphatic rings. The van der Waals surface area contributed by atoms with Crippen LogP contribution >= 0.6 is 0 Å². The molecule has 1 aliphatic heterocycles. The SMILES string of the molecule is CCCC[C@@H](B1OC(C)(C)C(C)(C)O1)[C@@H](c1ccccc1)N(Cc1ccccc1)Cc1ccccc1. The number of rotatable bonds is 11. The first-order chi connectivity index (χ1) is 17.3. The Morgan fingerprint density at radius 3 is 1.58 bits per heavy atom. The molecule has 0 N–H and O–H groups in total. The molecule has 3 nitrogen and oxygen atoms in total. The molecule has 2 atom stereocenters. The van der Waals surface area contributed by atoms with E-state index in [2.05, 4.69) is 131 Å². The summed E-state index contributed by atoms with van der Waals surface area (Å²) in [6.07, 6.45) is 3.34. The van der Waals surface area contributed by atoms with Gasteiger partial charge in [-0.05, 0) is 44.4 Å². The Balaban J connectivity index is 1.78. The van der Waals surface area contributed by atoms with Gasteiger partial charge in [0.05, 0.1) is 11.2 Å². The van der Waals surface area contributed by atoms with Crippen LogP contribution in [0.2, 0.25) is 5.82 Å². The van der Waals surface area contributed by atoms with E-state index >= 15 is 0 Å². The molecule has 0 spiro atoms. The topological polar surface area (TPSA) is 21.7 Å². The monoisotopic (exact) mass is 483 g/mol.